The molecule has 3 amide bonds. The third kappa shape index (κ3) is 7.40. The van der Waals surface area contributed by atoms with Crippen LogP contribution in [0.2, 0.25) is 0 Å². The van der Waals surface area contributed by atoms with E-state index < -0.39 is 0 Å². The fourth-order valence-electron chi connectivity index (χ4n) is 3.96. The van der Waals surface area contributed by atoms with Crippen molar-refractivity contribution < 1.29 is 14.7 Å². The number of amides is 3. The first kappa shape index (κ1) is 22.8. The Morgan fingerprint density at radius 1 is 0.903 bits per heavy atom. The Kier molecular flexibility index (Phi) is 8.91. The summed E-state index contributed by atoms with van der Waals surface area (Å²) in [5.41, 5.74) is 2.64. The molecule has 31 heavy (non-hydrogen) atoms. The monoisotopic (exact) mass is 423 g/mol. The van der Waals surface area contributed by atoms with Gasteiger partial charge in [-0.3, -0.25) is 4.79 Å². The Labute approximate surface area is 184 Å². The summed E-state index contributed by atoms with van der Waals surface area (Å²) in [6.45, 7) is 2.83. The van der Waals surface area contributed by atoms with Gasteiger partial charge in [-0.05, 0) is 48.4 Å². The average molecular weight is 424 g/mol. The third-order valence-corrected chi connectivity index (χ3v) is 5.91. The number of likely N-dealkylation sites (tertiary alicyclic amines) is 1. The molecule has 1 aliphatic rings. The van der Waals surface area contributed by atoms with Crippen molar-refractivity contribution in [2.24, 2.45) is 5.92 Å². The molecule has 0 radical (unpaired) electrons. The molecule has 1 heterocycles. The fraction of sp³-hybridized carbons (Fsp3) is 0.440. The van der Waals surface area contributed by atoms with E-state index in [0.717, 1.165) is 61.9 Å². The lowest BCUT2D eigenvalue weighted by atomic mass is 9.91. The number of benzene rings is 2. The number of nitrogens with zero attached hydrogens (tertiary/aromatic N) is 1. The fourth-order valence-corrected chi connectivity index (χ4v) is 3.96. The summed E-state index contributed by atoms with van der Waals surface area (Å²) >= 11 is 0. The number of carbonyl (C=O) groups is 2. The van der Waals surface area contributed by atoms with Crippen LogP contribution in [0.25, 0.3) is 0 Å². The molecule has 0 spiro atoms. The maximum absolute atomic E-state index is 12.5. The highest BCUT2D eigenvalue weighted by atomic mass is 16.3. The second-order valence-electron chi connectivity index (χ2n) is 8.18. The van der Waals surface area contributed by atoms with Gasteiger partial charge in [-0.1, -0.05) is 55.3 Å². The predicted molar refractivity (Wildman–Crippen MR) is 122 cm³/mol. The lowest BCUT2D eigenvalue weighted by molar-refractivity contribution is 0.0686. The van der Waals surface area contributed by atoms with Crippen LogP contribution >= 0.6 is 0 Å². The quantitative estimate of drug-likeness (QED) is 0.538. The lowest BCUT2D eigenvalue weighted by Crippen LogP contribution is -2.38. The van der Waals surface area contributed by atoms with Gasteiger partial charge in [0.15, 0.2) is 0 Å². The largest absolute Gasteiger partial charge is 0.392 e. The zero-order valence-electron chi connectivity index (χ0n) is 18.1. The molecule has 1 fully saturated rings. The number of hydrogen-bond acceptors (Lipinski definition) is 3. The van der Waals surface area contributed by atoms with Crippen LogP contribution in [0, 0.1) is 5.92 Å². The molecule has 166 valence electrons. The van der Waals surface area contributed by atoms with E-state index in [1.165, 1.54) is 0 Å². The van der Waals surface area contributed by atoms with Crippen LogP contribution in [0.15, 0.2) is 54.6 Å². The number of rotatable bonds is 9. The molecule has 6 nitrogen and oxygen atoms in total. The number of unbranched alkanes of at least 4 members (excludes halogenated alkanes) is 1. The van der Waals surface area contributed by atoms with Gasteiger partial charge in [0.1, 0.15) is 0 Å². The molecule has 2 aromatic rings. The van der Waals surface area contributed by atoms with Gasteiger partial charge in [0, 0.05) is 31.7 Å². The van der Waals surface area contributed by atoms with Crippen LogP contribution in [0.4, 0.5) is 4.79 Å². The van der Waals surface area contributed by atoms with Crippen molar-refractivity contribution in [1.82, 2.24) is 15.5 Å². The van der Waals surface area contributed by atoms with Crippen LogP contribution in [0.1, 0.15) is 53.6 Å². The van der Waals surface area contributed by atoms with Crippen molar-refractivity contribution in [3.8, 4) is 0 Å². The van der Waals surface area contributed by atoms with E-state index in [1.54, 1.807) is 0 Å². The third-order valence-electron chi connectivity index (χ3n) is 5.91. The van der Waals surface area contributed by atoms with Gasteiger partial charge < -0.3 is 20.6 Å². The molecule has 3 rings (SSSR count). The molecular formula is C25H33N3O3. The molecule has 6 heteroatoms. The second kappa shape index (κ2) is 12.1. The molecule has 2 aromatic carbocycles. The second-order valence-corrected chi connectivity index (χ2v) is 8.18. The minimum absolute atomic E-state index is 0.0269. The lowest BCUT2D eigenvalue weighted by Gasteiger charge is -2.32. The van der Waals surface area contributed by atoms with Crippen LogP contribution < -0.4 is 10.6 Å². The molecule has 0 unspecified atom stereocenters. The van der Waals surface area contributed by atoms with Crippen molar-refractivity contribution in [2.45, 2.75) is 45.3 Å². The molecular weight excluding hydrogens is 390 g/mol. The van der Waals surface area contributed by atoms with Gasteiger partial charge in [0.2, 0.25) is 0 Å². The first-order chi connectivity index (χ1) is 15.2. The first-order valence-electron chi connectivity index (χ1n) is 11.2. The van der Waals surface area contributed by atoms with Crippen LogP contribution in [-0.2, 0) is 13.2 Å². The molecule has 0 bridgehead atoms. The summed E-state index contributed by atoms with van der Waals surface area (Å²) < 4.78 is 0. The maximum Gasteiger partial charge on any atom is 0.315 e. The van der Waals surface area contributed by atoms with Crippen molar-refractivity contribution in [2.75, 3.05) is 19.6 Å². The van der Waals surface area contributed by atoms with Gasteiger partial charge in [0.05, 0.1) is 6.61 Å². The summed E-state index contributed by atoms with van der Waals surface area (Å²) in [7, 11) is 0. The van der Waals surface area contributed by atoms with Crippen LogP contribution in [0.3, 0.4) is 0 Å². The van der Waals surface area contributed by atoms with Crippen molar-refractivity contribution in [1.29, 1.82) is 0 Å². The van der Waals surface area contributed by atoms with Gasteiger partial charge in [-0.15, -0.1) is 0 Å². The highest BCUT2D eigenvalue weighted by Crippen LogP contribution is 2.23. The van der Waals surface area contributed by atoms with E-state index >= 15 is 0 Å². The number of aliphatic hydroxyl groups is 1. The Morgan fingerprint density at radius 2 is 1.58 bits per heavy atom. The average Bonchev–Trinajstić information content (AvgIpc) is 2.83. The van der Waals surface area contributed by atoms with E-state index in [4.69, 9.17) is 5.11 Å². The Balaban J connectivity index is 1.23. The van der Waals surface area contributed by atoms with E-state index in [9.17, 15) is 9.59 Å². The molecule has 3 N–H and O–H groups in total. The van der Waals surface area contributed by atoms with Crippen molar-refractivity contribution in [3.05, 3.63) is 71.3 Å². The minimum Gasteiger partial charge on any atom is -0.392 e. The first-order valence-corrected chi connectivity index (χ1v) is 11.2. The summed E-state index contributed by atoms with van der Waals surface area (Å²) in [5, 5.41) is 14.8. The SMILES string of the molecule is O=C(NCCCCC1CCN(C(=O)c2ccccc2)CC1)NCc1ccc(CO)cc1. The van der Waals surface area contributed by atoms with Crippen molar-refractivity contribution >= 4 is 11.9 Å². The highest BCUT2D eigenvalue weighted by Gasteiger charge is 2.23. The maximum atomic E-state index is 12.5. The molecule has 1 saturated heterocycles. The Hall–Kier alpha value is -2.86. The van der Waals surface area contributed by atoms with Gasteiger partial charge in [-0.25, -0.2) is 4.79 Å². The molecule has 1 aliphatic heterocycles. The van der Waals surface area contributed by atoms with Crippen LogP contribution in [-0.4, -0.2) is 41.6 Å². The summed E-state index contributed by atoms with van der Waals surface area (Å²) in [4.78, 5) is 26.4. The Bertz CT molecular complexity index is 816. The van der Waals surface area contributed by atoms with Gasteiger partial charge >= 0.3 is 6.03 Å². The standard InChI is InChI=1S/C25H33N3O3/c29-19-22-11-9-21(10-12-22)18-27-25(31)26-15-5-4-6-20-13-16-28(17-14-20)24(30)23-7-2-1-3-8-23/h1-3,7-12,20,29H,4-6,13-19H2,(H2,26,27,31). The highest BCUT2D eigenvalue weighted by molar-refractivity contribution is 5.94. The number of piperidine rings is 1. The number of aliphatic hydroxyl groups excluding tert-OH is 1. The minimum atomic E-state index is -0.154. The van der Waals surface area contributed by atoms with Crippen molar-refractivity contribution in [3.63, 3.8) is 0 Å². The zero-order chi connectivity index (χ0) is 21.9. The molecule has 0 aliphatic carbocycles. The number of carbonyl (C=O) groups excluding carboxylic acids is 2. The molecule has 0 atom stereocenters. The summed E-state index contributed by atoms with van der Waals surface area (Å²) in [6, 6.07) is 16.9. The summed E-state index contributed by atoms with van der Waals surface area (Å²) in [6.07, 6.45) is 5.30. The Morgan fingerprint density at radius 3 is 2.26 bits per heavy atom. The zero-order valence-corrected chi connectivity index (χ0v) is 18.1. The smallest absolute Gasteiger partial charge is 0.315 e. The van der Waals surface area contributed by atoms with Gasteiger partial charge in [0.25, 0.3) is 5.91 Å². The molecule has 0 aromatic heterocycles. The molecule has 0 saturated carbocycles. The summed E-state index contributed by atoms with van der Waals surface area (Å²) in [5.74, 6) is 0.800. The van der Waals surface area contributed by atoms with E-state index in [0.29, 0.717) is 19.0 Å². The van der Waals surface area contributed by atoms with E-state index in [-0.39, 0.29) is 18.5 Å². The number of nitrogens with one attached hydrogen (secondary N) is 2. The van der Waals surface area contributed by atoms with E-state index in [2.05, 4.69) is 10.6 Å². The van der Waals surface area contributed by atoms with Gasteiger partial charge in [-0.2, -0.15) is 0 Å². The topological polar surface area (TPSA) is 81.7 Å². The van der Waals surface area contributed by atoms with Crippen LogP contribution in [0.5, 0.6) is 0 Å². The number of urea groups is 1. The predicted octanol–water partition coefficient (Wildman–Crippen LogP) is 3.70. The normalized spacial score (nSPS) is 14.3. The number of hydrogen-bond donors (Lipinski definition) is 3. The van der Waals surface area contributed by atoms with E-state index in [1.807, 2.05) is 59.5 Å².